The van der Waals surface area contributed by atoms with Gasteiger partial charge in [-0.2, -0.15) is 0 Å². The summed E-state index contributed by atoms with van der Waals surface area (Å²) in [7, 11) is 0. The third-order valence-electron chi connectivity index (χ3n) is 3.00. The van der Waals surface area contributed by atoms with Crippen LogP contribution in [0.5, 0.6) is 0 Å². The molecule has 2 heteroatoms. The summed E-state index contributed by atoms with van der Waals surface area (Å²) in [5.41, 5.74) is 2.77. The van der Waals surface area contributed by atoms with Gasteiger partial charge in [0.1, 0.15) is 0 Å². The Kier molecular flexibility index (Phi) is 3.97. The van der Waals surface area contributed by atoms with Crippen LogP contribution in [0.3, 0.4) is 0 Å². The van der Waals surface area contributed by atoms with Crippen molar-refractivity contribution in [3.05, 3.63) is 57.3 Å². The highest BCUT2D eigenvalue weighted by molar-refractivity contribution is 7.12. The molecular weight excluding hydrogens is 226 g/mol. The Morgan fingerprint density at radius 2 is 1.88 bits per heavy atom. The average Bonchev–Trinajstić information content (AvgIpc) is 2.67. The largest absolute Gasteiger partial charge is 0.306 e. The summed E-state index contributed by atoms with van der Waals surface area (Å²) >= 11 is 1.88. The Labute approximate surface area is 108 Å². The van der Waals surface area contributed by atoms with Gasteiger partial charge in [0.2, 0.25) is 0 Å². The van der Waals surface area contributed by atoms with Crippen LogP contribution in [0.25, 0.3) is 0 Å². The molecule has 2 rings (SSSR count). The quantitative estimate of drug-likeness (QED) is 0.850. The molecule has 0 aliphatic heterocycles. The fourth-order valence-electron chi connectivity index (χ4n) is 2.06. The average molecular weight is 245 g/mol. The molecule has 90 valence electrons. The number of hydrogen-bond acceptors (Lipinski definition) is 2. The minimum Gasteiger partial charge on any atom is -0.306 e. The Balaban J connectivity index is 1.98. The van der Waals surface area contributed by atoms with E-state index in [4.69, 9.17) is 0 Å². The summed E-state index contributed by atoms with van der Waals surface area (Å²) in [4.78, 5) is 2.82. The molecule has 1 heterocycles. The van der Waals surface area contributed by atoms with Gasteiger partial charge in [-0.3, -0.25) is 0 Å². The lowest BCUT2D eigenvalue weighted by Crippen LogP contribution is -2.18. The second-order valence-corrected chi connectivity index (χ2v) is 5.92. The minimum atomic E-state index is 0.417. The van der Waals surface area contributed by atoms with Gasteiger partial charge in [-0.05, 0) is 38.0 Å². The predicted octanol–water partition coefficient (Wildman–Crippen LogP) is 4.22. The molecule has 0 bridgehead atoms. The molecule has 1 aromatic carbocycles. The van der Waals surface area contributed by atoms with Gasteiger partial charge in [-0.25, -0.2) is 0 Å². The van der Waals surface area contributed by atoms with Crippen molar-refractivity contribution in [1.29, 1.82) is 0 Å². The Bertz CT molecular complexity index is 473. The molecule has 1 aromatic heterocycles. The first kappa shape index (κ1) is 12.3. The van der Waals surface area contributed by atoms with E-state index in [1.54, 1.807) is 0 Å². The van der Waals surface area contributed by atoms with Crippen molar-refractivity contribution < 1.29 is 0 Å². The van der Waals surface area contributed by atoms with E-state index in [-0.39, 0.29) is 0 Å². The lowest BCUT2D eigenvalue weighted by molar-refractivity contribution is 0.574. The number of rotatable bonds is 4. The van der Waals surface area contributed by atoms with Crippen LogP contribution in [0.15, 0.2) is 36.4 Å². The molecule has 0 fully saturated rings. The third kappa shape index (κ3) is 3.18. The summed E-state index contributed by atoms with van der Waals surface area (Å²) in [5.74, 6) is 0. The molecular formula is C15H19NS. The van der Waals surface area contributed by atoms with E-state index in [1.165, 1.54) is 20.9 Å². The van der Waals surface area contributed by atoms with Gasteiger partial charge >= 0.3 is 0 Å². The van der Waals surface area contributed by atoms with Gasteiger partial charge in [0.15, 0.2) is 0 Å². The van der Waals surface area contributed by atoms with Gasteiger partial charge in [-0.15, -0.1) is 11.3 Å². The van der Waals surface area contributed by atoms with Crippen LogP contribution in [0.4, 0.5) is 0 Å². The first-order valence-corrected chi connectivity index (χ1v) is 6.82. The maximum Gasteiger partial charge on any atom is 0.0305 e. The number of thiophene rings is 1. The summed E-state index contributed by atoms with van der Waals surface area (Å²) in [5, 5.41) is 3.58. The zero-order chi connectivity index (χ0) is 12.3. The molecule has 0 radical (unpaired) electrons. The number of aryl methyl sites for hydroxylation is 2. The molecule has 1 atom stereocenters. The fourth-order valence-corrected chi connectivity index (χ4v) is 3.08. The van der Waals surface area contributed by atoms with Crippen LogP contribution in [-0.2, 0) is 6.54 Å². The normalized spacial score (nSPS) is 12.6. The van der Waals surface area contributed by atoms with E-state index in [0.717, 1.165) is 6.54 Å². The summed E-state index contributed by atoms with van der Waals surface area (Å²) in [6.45, 7) is 7.53. The van der Waals surface area contributed by atoms with Crippen molar-refractivity contribution in [2.45, 2.75) is 33.4 Å². The summed E-state index contributed by atoms with van der Waals surface area (Å²) < 4.78 is 0. The molecule has 2 aromatic rings. The van der Waals surface area contributed by atoms with E-state index in [2.05, 4.69) is 62.5 Å². The van der Waals surface area contributed by atoms with Gasteiger partial charge in [0.25, 0.3) is 0 Å². The lowest BCUT2D eigenvalue weighted by Gasteiger charge is -2.13. The van der Waals surface area contributed by atoms with E-state index in [0.29, 0.717) is 6.04 Å². The van der Waals surface area contributed by atoms with Crippen molar-refractivity contribution in [3.63, 3.8) is 0 Å². The topological polar surface area (TPSA) is 12.0 Å². The smallest absolute Gasteiger partial charge is 0.0305 e. The SMILES string of the molecule is Cc1cc(C(C)NCc2ccccc2)c(C)s1. The second-order valence-electron chi connectivity index (χ2n) is 4.46. The predicted molar refractivity (Wildman–Crippen MR) is 75.5 cm³/mol. The molecule has 0 saturated heterocycles. The minimum absolute atomic E-state index is 0.417. The first-order chi connectivity index (χ1) is 8.16. The number of nitrogens with one attached hydrogen (secondary N) is 1. The van der Waals surface area contributed by atoms with Crippen LogP contribution in [0.1, 0.15) is 33.8 Å². The standard InChI is InChI=1S/C15H19NS/c1-11-9-15(13(3)17-11)12(2)16-10-14-7-5-4-6-8-14/h4-9,12,16H,10H2,1-3H3. The van der Waals surface area contributed by atoms with Crippen molar-refractivity contribution in [3.8, 4) is 0 Å². The molecule has 1 N–H and O–H groups in total. The zero-order valence-electron chi connectivity index (χ0n) is 10.7. The summed E-state index contributed by atoms with van der Waals surface area (Å²) in [6, 6.07) is 13.3. The fraction of sp³-hybridized carbons (Fsp3) is 0.333. The highest BCUT2D eigenvalue weighted by Crippen LogP contribution is 2.26. The van der Waals surface area contributed by atoms with E-state index in [1.807, 2.05) is 11.3 Å². The van der Waals surface area contributed by atoms with Gasteiger partial charge < -0.3 is 5.32 Å². The molecule has 0 aliphatic carbocycles. The van der Waals surface area contributed by atoms with Gasteiger partial charge in [-0.1, -0.05) is 30.3 Å². The monoisotopic (exact) mass is 245 g/mol. The highest BCUT2D eigenvalue weighted by Gasteiger charge is 2.10. The number of hydrogen-bond donors (Lipinski definition) is 1. The first-order valence-electron chi connectivity index (χ1n) is 6.01. The van der Waals surface area contributed by atoms with E-state index >= 15 is 0 Å². The van der Waals surface area contributed by atoms with Crippen LogP contribution in [0, 0.1) is 13.8 Å². The third-order valence-corrected chi connectivity index (χ3v) is 3.98. The van der Waals surface area contributed by atoms with Crippen LogP contribution in [-0.4, -0.2) is 0 Å². The van der Waals surface area contributed by atoms with Crippen LogP contribution >= 0.6 is 11.3 Å². The lowest BCUT2D eigenvalue weighted by atomic mass is 10.1. The van der Waals surface area contributed by atoms with Crippen molar-refractivity contribution >= 4 is 11.3 Å². The maximum absolute atomic E-state index is 3.58. The molecule has 0 amide bonds. The molecule has 1 nitrogen and oxygen atoms in total. The van der Waals surface area contributed by atoms with Crippen molar-refractivity contribution in [1.82, 2.24) is 5.32 Å². The molecule has 17 heavy (non-hydrogen) atoms. The molecule has 0 spiro atoms. The highest BCUT2D eigenvalue weighted by atomic mass is 32.1. The molecule has 0 aliphatic rings. The Morgan fingerprint density at radius 1 is 1.18 bits per heavy atom. The maximum atomic E-state index is 3.58. The summed E-state index contributed by atoms with van der Waals surface area (Å²) in [6.07, 6.45) is 0. The van der Waals surface area contributed by atoms with Crippen molar-refractivity contribution in [2.75, 3.05) is 0 Å². The molecule has 0 saturated carbocycles. The molecule has 1 unspecified atom stereocenters. The van der Waals surface area contributed by atoms with E-state index in [9.17, 15) is 0 Å². The second kappa shape index (κ2) is 5.48. The Hall–Kier alpha value is -1.12. The van der Waals surface area contributed by atoms with Crippen LogP contribution < -0.4 is 5.32 Å². The zero-order valence-corrected chi connectivity index (χ0v) is 11.5. The van der Waals surface area contributed by atoms with Crippen molar-refractivity contribution in [2.24, 2.45) is 0 Å². The van der Waals surface area contributed by atoms with E-state index < -0.39 is 0 Å². The van der Waals surface area contributed by atoms with Gasteiger partial charge in [0, 0.05) is 22.3 Å². The Morgan fingerprint density at radius 3 is 2.47 bits per heavy atom. The number of benzene rings is 1. The van der Waals surface area contributed by atoms with Crippen LogP contribution in [0.2, 0.25) is 0 Å². The van der Waals surface area contributed by atoms with Gasteiger partial charge in [0.05, 0.1) is 0 Å².